The van der Waals surface area contributed by atoms with Crippen LogP contribution in [0.2, 0.25) is 0 Å². The zero-order valence-electron chi connectivity index (χ0n) is 8.11. The predicted octanol–water partition coefficient (Wildman–Crippen LogP) is 3.14. The highest BCUT2D eigenvalue weighted by Gasteiger charge is 2.41. The normalized spacial score (nSPS) is 27.2. The Morgan fingerprint density at radius 3 is 1.46 bits per heavy atom. The molecule has 0 unspecified atom stereocenters. The van der Waals surface area contributed by atoms with Crippen LogP contribution in [-0.4, -0.2) is 16.2 Å². The third kappa shape index (κ3) is 1.85. The fourth-order valence-electron chi connectivity index (χ4n) is 2.85. The van der Waals surface area contributed by atoms with Gasteiger partial charge in [-0.1, -0.05) is 25.7 Å². The van der Waals surface area contributed by atoms with Gasteiger partial charge in [-0.05, 0) is 25.7 Å². The van der Waals surface area contributed by atoms with Gasteiger partial charge in [0.05, 0.1) is 0 Å². The van der Waals surface area contributed by atoms with Gasteiger partial charge in [-0.25, -0.2) is 0 Å². The maximum atomic E-state index is 12.2. The number of hydrogen-bond donors (Lipinski definition) is 1. The van der Waals surface area contributed by atoms with E-state index in [4.69, 9.17) is 0 Å². The molecule has 13 heavy (non-hydrogen) atoms. The Kier molecular flexibility index (Phi) is 2.80. The molecule has 1 N–H and O–H groups in total. The number of rotatable bonds is 2. The van der Waals surface area contributed by atoms with Crippen molar-refractivity contribution >= 4 is 7.37 Å². The van der Waals surface area contributed by atoms with Crippen LogP contribution >= 0.6 is 7.37 Å². The molecule has 2 nitrogen and oxygen atoms in total. The monoisotopic (exact) mass is 202 g/mol. The van der Waals surface area contributed by atoms with Crippen molar-refractivity contribution in [3.63, 3.8) is 0 Å². The quantitative estimate of drug-likeness (QED) is 0.698. The molecule has 0 aromatic rings. The van der Waals surface area contributed by atoms with Crippen LogP contribution in [0.1, 0.15) is 51.4 Å². The minimum atomic E-state index is -2.79. The molecule has 2 aliphatic rings. The van der Waals surface area contributed by atoms with Crippen LogP contribution in [0.4, 0.5) is 0 Å². The van der Waals surface area contributed by atoms with Crippen LogP contribution in [-0.2, 0) is 4.57 Å². The van der Waals surface area contributed by atoms with Gasteiger partial charge in [0.2, 0.25) is 7.37 Å². The standard InChI is InChI=1S/C10H19O2P/c11-13(12,9-5-1-2-6-9)10-7-3-4-8-10/h9-10H,1-8H2,(H,11,12). The Hall–Kier alpha value is 0.190. The first-order chi connectivity index (χ1) is 6.21. The summed E-state index contributed by atoms with van der Waals surface area (Å²) in [5.41, 5.74) is 0.325. The van der Waals surface area contributed by atoms with Crippen molar-refractivity contribution in [2.24, 2.45) is 0 Å². The average molecular weight is 202 g/mol. The first-order valence-electron chi connectivity index (χ1n) is 5.53. The lowest BCUT2D eigenvalue weighted by Crippen LogP contribution is -2.13. The van der Waals surface area contributed by atoms with E-state index in [0.717, 1.165) is 25.7 Å². The third-order valence-electron chi connectivity index (χ3n) is 3.70. The summed E-state index contributed by atoms with van der Waals surface area (Å²) in [6.45, 7) is 0. The zero-order valence-corrected chi connectivity index (χ0v) is 9.01. The van der Waals surface area contributed by atoms with Crippen molar-refractivity contribution in [2.45, 2.75) is 62.7 Å². The van der Waals surface area contributed by atoms with Crippen molar-refractivity contribution in [1.82, 2.24) is 0 Å². The van der Waals surface area contributed by atoms with Crippen LogP contribution in [0.3, 0.4) is 0 Å². The lowest BCUT2D eigenvalue weighted by molar-refractivity contribution is 0.446. The molecule has 2 saturated carbocycles. The maximum Gasteiger partial charge on any atom is 0.206 e. The molecule has 0 atom stereocenters. The van der Waals surface area contributed by atoms with Gasteiger partial charge in [-0.2, -0.15) is 0 Å². The second-order valence-electron chi connectivity index (χ2n) is 4.55. The summed E-state index contributed by atoms with van der Waals surface area (Å²) in [4.78, 5) is 10.1. The molecule has 0 heterocycles. The Morgan fingerprint density at radius 1 is 0.846 bits per heavy atom. The van der Waals surface area contributed by atoms with E-state index in [2.05, 4.69) is 0 Å². The van der Waals surface area contributed by atoms with Gasteiger partial charge in [-0.15, -0.1) is 0 Å². The summed E-state index contributed by atoms with van der Waals surface area (Å²) < 4.78 is 12.2. The van der Waals surface area contributed by atoms with Crippen molar-refractivity contribution in [2.75, 3.05) is 0 Å². The molecule has 0 aliphatic heterocycles. The predicted molar refractivity (Wildman–Crippen MR) is 54.3 cm³/mol. The summed E-state index contributed by atoms with van der Waals surface area (Å²) in [5, 5.41) is 0. The summed E-state index contributed by atoms with van der Waals surface area (Å²) in [6, 6.07) is 0. The summed E-state index contributed by atoms with van der Waals surface area (Å²) in [6.07, 6.45) is 8.69. The molecule has 0 radical (unpaired) electrons. The molecule has 0 amide bonds. The van der Waals surface area contributed by atoms with Crippen LogP contribution in [0.5, 0.6) is 0 Å². The molecule has 2 aliphatic carbocycles. The van der Waals surface area contributed by atoms with Crippen molar-refractivity contribution in [1.29, 1.82) is 0 Å². The molecule has 0 aromatic heterocycles. The van der Waals surface area contributed by atoms with Crippen molar-refractivity contribution in [3.05, 3.63) is 0 Å². The minimum Gasteiger partial charge on any atom is -0.344 e. The van der Waals surface area contributed by atoms with Crippen LogP contribution in [0.15, 0.2) is 0 Å². The average Bonchev–Trinajstić information content (AvgIpc) is 2.78. The van der Waals surface area contributed by atoms with E-state index in [9.17, 15) is 9.46 Å². The lowest BCUT2D eigenvalue weighted by atomic mass is 10.4. The van der Waals surface area contributed by atoms with E-state index in [1.807, 2.05) is 0 Å². The van der Waals surface area contributed by atoms with Crippen molar-refractivity contribution < 1.29 is 9.46 Å². The Morgan fingerprint density at radius 2 is 1.15 bits per heavy atom. The Balaban J connectivity index is 2.04. The van der Waals surface area contributed by atoms with Crippen LogP contribution in [0, 0.1) is 0 Å². The van der Waals surface area contributed by atoms with Gasteiger partial charge in [0.1, 0.15) is 0 Å². The fourth-order valence-corrected chi connectivity index (χ4v) is 5.65. The van der Waals surface area contributed by atoms with E-state index in [-0.39, 0.29) is 11.3 Å². The first-order valence-corrected chi connectivity index (χ1v) is 7.33. The van der Waals surface area contributed by atoms with Crippen LogP contribution in [0.25, 0.3) is 0 Å². The van der Waals surface area contributed by atoms with Gasteiger partial charge >= 0.3 is 0 Å². The lowest BCUT2D eigenvalue weighted by Gasteiger charge is -2.23. The van der Waals surface area contributed by atoms with Gasteiger partial charge in [0.15, 0.2) is 0 Å². The molecule has 3 heteroatoms. The molecular formula is C10H19O2P. The second kappa shape index (κ2) is 3.74. The van der Waals surface area contributed by atoms with E-state index in [1.54, 1.807) is 0 Å². The Labute approximate surface area is 80.2 Å². The highest BCUT2D eigenvalue weighted by molar-refractivity contribution is 7.59. The number of hydrogen-bond acceptors (Lipinski definition) is 1. The van der Waals surface area contributed by atoms with Crippen LogP contribution < -0.4 is 0 Å². The fraction of sp³-hybridized carbons (Fsp3) is 1.00. The molecule has 0 aromatic carbocycles. The smallest absolute Gasteiger partial charge is 0.206 e. The molecule has 0 spiro atoms. The zero-order chi connectivity index (χ0) is 9.31. The molecule has 0 bridgehead atoms. The molecular weight excluding hydrogens is 183 g/mol. The van der Waals surface area contributed by atoms with E-state index in [1.165, 1.54) is 25.7 Å². The van der Waals surface area contributed by atoms with E-state index < -0.39 is 7.37 Å². The summed E-state index contributed by atoms with van der Waals surface area (Å²) in [7, 11) is -2.79. The maximum absolute atomic E-state index is 12.2. The molecule has 76 valence electrons. The summed E-state index contributed by atoms with van der Waals surface area (Å²) >= 11 is 0. The van der Waals surface area contributed by atoms with E-state index >= 15 is 0 Å². The second-order valence-corrected chi connectivity index (χ2v) is 7.35. The third-order valence-corrected chi connectivity index (χ3v) is 6.82. The SMILES string of the molecule is O=P(O)(C1CCCC1)C1CCCC1. The first kappa shape index (κ1) is 9.73. The molecule has 2 rings (SSSR count). The van der Waals surface area contributed by atoms with E-state index in [0.29, 0.717) is 0 Å². The minimum absolute atomic E-state index is 0.163. The van der Waals surface area contributed by atoms with Crippen molar-refractivity contribution in [3.8, 4) is 0 Å². The topological polar surface area (TPSA) is 37.3 Å². The van der Waals surface area contributed by atoms with Gasteiger partial charge in [-0.3, -0.25) is 4.57 Å². The van der Waals surface area contributed by atoms with Gasteiger partial charge < -0.3 is 4.89 Å². The highest BCUT2D eigenvalue weighted by Crippen LogP contribution is 2.60. The largest absolute Gasteiger partial charge is 0.344 e. The van der Waals surface area contributed by atoms with Gasteiger partial charge in [0, 0.05) is 11.3 Å². The molecule has 0 saturated heterocycles. The molecule has 2 fully saturated rings. The summed E-state index contributed by atoms with van der Waals surface area (Å²) in [5.74, 6) is 0. The van der Waals surface area contributed by atoms with Gasteiger partial charge in [0.25, 0.3) is 0 Å². The Bertz CT molecular complexity index is 195. The highest BCUT2D eigenvalue weighted by atomic mass is 31.2.